The van der Waals surface area contributed by atoms with Crippen molar-refractivity contribution in [1.29, 1.82) is 5.26 Å². The molecule has 56 valence electrons. The van der Waals surface area contributed by atoms with Gasteiger partial charge in [0.15, 0.2) is 6.19 Å². The average Bonchev–Trinajstić information content (AvgIpc) is 2.34. The smallest absolute Gasteiger partial charge is 0.179 e. The van der Waals surface area contributed by atoms with E-state index in [1.165, 1.54) is 6.42 Å². The molecule has 2 heteroatoms. The van der Waals surface area contributed by atoms with Crippen molar-refractivity contribution < 1.29 is 0 Å². The highest BCUT2D eigenvalue weighted by Gasteiger charge is 2.23. The van der Waals surface area contributed by atoms with Gasteiger partial charge in [-0.1, -0.05) is 13.8 Å². The zero-order chi connectivity index (χ0) is 7.56. The Kier molecular flexibility index (Phi) is 2.16. The lowest BCUT2D eigenvalue weighted by Gasteiger charge is -2.12. The summed E-state index contributed by atoms with van der Waals surface area (Å²) in [6, 6.07) is 0. The summed E-state index contributed by atoms with van der Waals surface area (Å²) in [5.74, 6) is 1.48. The first-order valence-corrected chi connectivity index (χ1v) is 3.88. The molecule has 1 rings (SSSR count). The van der Waals surface area contributed by atoms with Crippen molar-refractivity contribution in [2.45, 2.75) is 20.3 Å². The third-order valence-corrected chi connectivity index (χ3v) is 2.31. The third kappa shape index (κ3) is 1.41. The second kappa shape index (κ2) is 2.92. The van der Waals surface area contributed by atoms with Gasteiger partial charge in [0.2, 0.25) is 0 Å². The van der Waals surface area contributed by atoms with E-state index < -0.39 is 0 Å². The maximum atomic E-state index is 8.54. The van der Waals surface area contributed by atoms with Crippen LogP contribution < -0.4 is 0 Å². The first kappa shape index (κ1) is 7.40. The van der Waals surface area contributed by atoms with Crippen molar-refractivity contribution >= 4 is 0 Å². The molecular formula is C8H14N2. The molecule has 0 bridgehead atoms. The third-order valence-electron chi connectivity index (χ3n) is 2.31. The van der Waals surface area contributed by atoms with E-state index in [1.807, 2.05) is 4.90 Å². The minimum atomic E-state index is 0.735. The quantitative estimate of drug-likeness (QED) is 0.513. The lowest BCUT2D eigenvalue weighted by Crippen LogP contribution is -2.15. The molecular weight excluding hydrogens is 124 g/mol. The lowest BCUT2D eigenvalue weighted by molar-refractivity contribution is 0.380. The number of rotatable bonds is 1. The van der Waals surface area contributed by atoms with Crippen molar-refractivity contribution in [3.63, 3.8) is 0 Å². The zero-order valence-electron chi connectivity index (χ0n) is 6.67. The molecule has 0 saturated carbocycles. The molecule has 0 aromatic heterocycles. The number of likely N-dealkylation sites (tertiary alicyclic amines) is 1. The minimum Gasteiger partial charge on any atom is -0.310 e. The van der Waals surface area contributed by atoms with Gasteiger partial charge in [0, 0.05) is 13.1 Å². The highest BCUT2D eigenvalue weighted by Crippen LogP contribution is 2.22. The molecule has 1 saturated heterocycles. The molecule has 1 atom stereocenters. The Morgan fingerprint density at radius 3 is 2.60 bits per heavy atom. The first-order chi connectivity index (χ1) is 4.74. The van der Waals surface area contributed by atoms with E-state index in [0.29, 0.717) is 0 Å². The average molecular weight is 138 g/mol. The van der Waals surface area contributed by atoms with E-state index in [1.54, 1.807) is 0 Å². The van der Waals surface area contributed by atoms with Crippen LogP contribution in [-0.4, -0.2) is 18.0 Å². The van der Waals surface area contributed by atoms with Gasteiger partial charge in [0.1, 0.15) is 0 Å². The van der Waals surface area contributed by atoms with Crippen LogP contribution in [0.3, 0.4) is 0 Å². The standard InChI is InChI=1S/C8H14N2/c1-7(2)8-3-4-10(5-8)6-9/h7-8H,3-5H2,1-2H3. The Bertz CT molecular complexity index is 146. The molecule has 1 heterocycles. The van der Waals surface area contributed by atoms with Gasteiger partial charge >= 0.3 is 0 Å². The van der Waals surface area contributed by atoms with Gasteiger partial charge in [0.25, 0.3) is 0 Å². The molecule has 0 aromatic carbocycles. The molecule has 2 nitrogen and oxygen atoms in total. The maximum Gasteiger partial charge on any atom is 0.179 e. The second-order valence-corrected chi connectivity index (χ2v) is 3.34. The lowest BCUT2D eigenvalue weighted by atomic mass is 9.95. The predicted molar refractivity (Wildman–Crippen MR) is 40.1 cm³/mol. The molecule has 10 heavy (non-hydrogen) atoms. The van der Waals surface area contributed by atoms with Crippen molar-refractivity contribution in [2.24, 2.45) is 11.8 Å². The first-order valence-electron chi connectivity index (χ1n) is 3.88. The van der Waals surface area contributed by atoms with Crippen LogP contribution in [0.4, 0.5) is 0 Å². The van der Waals surface area contributed by atoms with E-state index in [0.717, 1.165) is 24.9 Å². The molecule has 1 fully saturated rings. The second-order valence-electron chi connectivity index (χ2n) is 3.34. The fraction of sp³-hybridized carbons (Fsp3) is 0.875. The van der Waals surface area contributed by atoms with Crippen LogP contribution in [-0.2, 0) is 0 Å². The van der Waals surface area contributed by atoms with Gasteiger partial charge in [0.05, 0.1) is 0 Å². The van der Waals surface area contributed by atoms with Crippen LogP contribution in [0, 0.1) is 23.3 Å². The molecule has 0 spiro atoms. The van der Waals surface area contributed by atoms with Crippen molar-refractivity contribution in [2.75, 3.05) is 13.1 Å². The summed E-state index contributed by atoms with van der Waals surface area (Å²) >= 11 is 0. The van der Waals surface area contributed by atoms with Crippen LogP contribution in [0.1, 0.15) is 20.3 Å². The van der Waals surface area contributed by atoms with Gasteiger partial charge < -0.3 is 4.90 Å². The van der Waals surface area contributed by atoms with Gasteiger partial charge in [-0.15, -0.1) is 0 Å². The summed E-state index contributed by atoms with van der Waals surface area (Å²) < 4.78 is 0. The van der Waals surface area contributed by atoms with Gasteiger partial charge in [-0.3, -0.25) is 0 Å². The molecule has 0 N–H and O–H groups in total. The SMILES string of the molecule is CC(C)C1CCN(C#N)C1. The highest BCUT2D eigenvalue weighted by atomic mass is 15.1. The Morgan fingerprint density at radius 1 is 1.60 bits per heavy atom. The van der Waals surface area contributed by atoms with Crippen LogP contribution in [0.15, 0.2) is 0 Å². The summed E-state index contributed by atoms with van der Waals surface area (Å²) in [5, 5.41) is 8.54. The van der Waals surface area contributed by atoms with Crippen molar-refractivity contribution in [3.8, 4) is 6.19 Å². The Hall–Kier alpha value is -0.710. The summed E-state index contributed by atoms with van der Waals surface area (Å²) in [7, 11) is 0. The van der Waals surface area contributed by atoms with Gasteiger partial charge in [-0.2, -0.15) is 5.26 Å². The Morgan fingerprint density at radius 2 is 2.30 bits per heavy atom. The Balaban J connectivity index is 2.37. The molecule has 0 aromatic rings. The van der Waals surface area contributed by atoms with E-state index in [-0.39, 0.29) is 0 Å². The predicted octanol–water partition coefficient (Wildman–Crippen LogP) is 1.45. The van der Waals surface area contributed by atoms with Gasteiger partial charge in [-0.05, 0) is 18.3 Å². The fourth-order valence-electron chi connectivity index (χ4n) is 1.42. The molecule has 0 radical (unpaired) electrons. The number of hydrogen-bond donors (Lipinski definition) is 0. The molecule has 1 aliphatic heterocycles. The highest BCUT2D eigenvalue weighted by molar-refractivity contribution is 4.84. The zero-order valence-corrected chi connectivity index (χ0v) is 6.67. The molecule has 1 unspecified atom stereocenters. The maximum absolute atomic E-state index is 8.54. The summed E-state index contributed by atoms with van der Waals surface area (Å²) in [5.41, 5.74) is 0. The largest absolute Gasteiger partial charge is 0.310 e. The van der Waals surface area contributed by atoms with Crippen LogP contribution in [0.5, 0.6) is 0 Å². The van der Waals surface area contributed by atoms with Crippen molar-refractivity contribution in [3.05, 3.63) is 0 Å². The van der Waals surface area contributed by atoms with Crippen molar-refractivity contribution in [1.82, 2.24) is 4.90 Å². The molecule has 0 amide bonds. The molecule has 1 aliphatic rings. The van der Waals surface area contributed by atoms with E-state index >= 15 is 0 Å². The van der Waals surface area contributed by atoms with E-state index in [2.05, 4.69) is 20.0 Å². The van der Waals surface area contributed by atoms with Crippen LogP contribution in [0.2, 0.25) is 0 Å². The monoisotopic (exact) mass is 138 g/mol. The topological polar surface area (TPSA) is 27.0 Å². The summed E-state index contributed by atoms with van der Waals surface area (Å²) in [6.07, 6.45) is 3.38. The molecule has 0 aliphatic carbocycles. The number of nitrogens with zero attached hydrogens (tertiary/aromatic N) is 2. The number of nitriles is 1. The Labute approximate surface area is 62.4 Å². The summed E-state index contributed by atoms with van der Waals surface area (Å²) in [4.78, 5) is 1.85. The van der Waals surface area contributed by atoms with E-state index in [9.17, 15) is 0 Å². The number of hydrogen-bond acceptors (Lipinski definition) is 2. The fourth-order valence-corrected chi connectivity index (χ4v) is 1.42. The minimum absolute atomic E-state index is 0.735. The van der Waals surface area contributed by atoms with Crippen LogP contribution >= 0.6 is 0 Å². The van der Waals surface area contributed by atoms with Crippen LogP contribution in [0.25, 0.3) is 0 Å². The van der Waals surface area contributed by atoms with Gasteiger partial charge in [-0.25, -0.2) is 0 Å². The summed E-state index contributed by atoms with van der Waals surface area (Å²) in [6.45, 7) is 6.41. The van der Waals surface area contributed by atoms with E-state index in [4.69, 9.17) is 5.26 Å². The normalized spacial score (nSPS) is 25.4.